The predicted octanol–water partition coefficient (Wildman–Crippen LogP) is 4.14. The zero-order valence-corrected chi connectivity index (χ0v) is 23.2. The van der Waals surface area contributed by atoms with Crippen LogP contribution in [0.3, 0.4) is 0 Å². The predicted molar refractivity (Wildman–Crippen MR) is 160 cm³/mol. The lowest BCUT2D eigenvalue weighted by Crippen LogP contribution is -2.38. The molecule has 42 heavy (non-hydrogen) atoms. The average Bonchev–Trinajstić information content (AvgIpc) is 3.47. The quantitative estimate of drug-likeness (QED) is 0.169. The van der Waals surface area contributed by atoms with E-state index in [0.717, 1.165) is 50.6 Å². The van der Waals surface area contributed by atoms with E-state index in [4.69, 9.17) is 9.47 Å². The molecule has 2 aromatic carbocycles. The first-order chi connectivity index (χ1) is 20.6. The standard InChI is InChI=1S/C30H34N8O4/c1-2-28(39)33-24-9-6-10-26(19-24)38(30(40)42-22-23-7-4-3-5-8-23)27-11-12-31-29(35-27)34-25-20-32-37(21-25)14-13-36-15-17-41-18-16-36/h2-12,19-21,28,33,39H,1,13-18,22H2,(H,31,34,35). The van der Waals surface area contributed by atoms with E-state index in [1.165, 1.54) is 11.0 Å². The van der Waals surface area contributed by atoms with E-state index < -0.39 is 12.3 Å². The second-order valence-electron chi connectivity index (χ2n) is 9.56. The maximum atomic E-state index is 13.5. The summed E-state index contributed by atoms with van der Waals surface area (Å²) < 4.78 is 13.0. The largest absolute Gasteiger partial charge is 0.444 e. The topological polar surface area (TPSA) is 130 Å². The number of aliphatic hydroxyl groups is 1. The van der Waals surface area contributed by atoms with Crippen LogP contribution in [0.25, 0.3) is 0 Å². The third kappa shape index (κ3) is 7.91. The summed E-state index contributed by atoms with van der Waals surface area (Å²) in [6.45, 7) is 8.66. The molecular weight excluding hydrogens is 536 g/mol. The lowest BCUT2D eigenvalue weighted by atomic mass is 10.2. The van der Waals surface area contributed by atoms with Crippen molar-refractivity contribution in [2.45, 2.75) is 19.4 Å². The number of hydrogen-bond donors (Lipinski definition) is 3. The van der Waals surface area contributed by atoms with Gasteiger partial charge in [0.15, 0.2) is 0 Å². The summed E-state index contributed by atoms with van der Waals surface area (Å²) in [5.74, 6) is 0.587. The molecule has 0 spiro atoms. The molecule has 1 aliphatic rings. The van der Waals surface area contributed by atoms with Gasteiger partial charge in [0.05, 0.1) is 37.3 Å². The van der Waals surface area contributed by atoms with Gasteiger partial charge in [-0.1, -0.05) is 43.0 Å². The van der Waals surface area contributed by atoms with Gasteiger partial charge >= 0.3 is 6.09 Å². The zero-order chi connectivity index (χ0) is 29.1. The molecule has 1 amide bonds. The van der Waals surface area contributed by atoms with Crippen molar-refractivity contribution in [1.29, 1.82) is 0 Å². The van der Waals surface area contributed by atoms with Crippen molar-refractivity contribution in [3.05, 3.63) is 97.5 Å². The number of anilines is 5. The van der Waals surface area contributed by atoms with Gasteiger partial charge in [-0.15, -0.1) is 0 Å². The van der Waals surface area contributed by atoms with Crippen LogP contribution in [0.4, 0.5) is 33.6 Å². The van der Waals surface area contributed by atoms with Crippen LogP contribution in [0.15, 0.2) is 91.9 Å². The van der Waals surface area contributed by atoms with Gasteiger partial charge in [0, 0.05) is 43.8 Å². The van der Waals surface area contributed by atoms with Crippen LogP contribution in [0, 0.1) is 0 Å². The molecule has 0 aliphatic carbocycles. The molecule has 0 saturated carbocycles. The number of carbonyl (C=O) groups excluding carboxylic acids is 1. The first-order valence-electron chi connectivity index (χ1n) is 13.7. The van der Waals surface area contributed by atoms with Crippen LogP contribution in [0.1, 0.15) is 5.56 Å². The van der Waals surface area contributed by atoms with E-state index in [0.29, 0.717) is 17.2 Å². The summed E-state index contributed by atoms with van der Waals surface area (Å²) in [4.78, 5) is 26.2. The van der Waals surface area contributed by atoms with Crippen molar-refractivity contribution >= 4 is 34.9 Å². The Kier molecular flexibility index (Phi) is 9.73. The van der Waals surface area contributed by atoms with E-state index in [-0.39, 0.29) is 12.6 Å². The van der Waals surface area contributed by atoms with E-state index >= 15 is 0 Å². The van der Waals surface area contributed by atoms with E-state index in [1.54, 1.807) is 42.7 Å². The number of amides is 1. The third-order valence-electron chi connectivity index (χ3n) is 6.54. The molecule has 1 aliphatic heterocycles. The lowest BCUT2D eigenvalue weighted by molar-refractivity contribution is 0.0360. The van der Waals surface area contributed by atoms with Crippen LogP contribution >= 0.6 is 0 Å². The molecule has 1 fully saturated rings. The van der Waals surface area contributed by atoms with Gasteiger partial charge < -0.3 is 25.2 Å². The minimum absolute atomic E-state index is 0.0864. The van der Waals surface area contributed by atoms with E-state index in [1.807, 2.05) is 41.2 Å². The number of rotatable bonds is 12. The van der Waals surface area contributed by atoms with Crippen LogP contribution in [0.2, 0.25) is 0 Å². The van der Waals surface area contributed by atoms with Gasteiger partial charge in [0.25, 0.3) is 0 Å². The molecule has 3 N–H and O–H groups in total. The van der Waals surface area contributed by atoms with Crippen LogP contribution in [0.5, 0.6) is 0 Å². The van der Waals surface area contributed by atoms with E-state index in [9.17, 15) is 9.90 Å². The van der Waals surface area contributed by atoms with Gasteiger partial charge in [0.2, 0.25) is 5.95 Å². The summed E-state index contributed by atoms with van der Waals surface area (Å²) in [7, 11) is 0. The van der Waals surface area contributed by atoms with Gasteiger partial charge in [-0.05, 0) is 29.8 Å². The maximum absolute atomic E-state index is 13.5. The highest BCUT2D eigenvalue weighted by molar-refractivity contribution is 5.95. The number of ether oxygens (including phenoxy) is 2. The fraction of sp³-hybridized carbons (Fsp3) is 0.267. The van der Waals surface area contributed by atoms with Gasteiger partial charge in [-0.2, -0.15) is 10.1 Å². The van der Waals surface area contributed by atoms with Crippen LogP contribution in [-0.4, -0.2) is 74.9 Å². The first-order valence-corrected chi connectivity index (χ1v) is 13.7. The molecule has 2 aromatic heterocycles. The Morgan fingerprint density at radius 3 is 2.76 bits per heavy atom. The van der Waals surface area contributed by atoms with Crippen molar-refractivity contribution in [2.75, 3.05) is 48.4 Å². The normalized spacial score (nSPS) is 14.1. The van der Waals surface area contributed by atoms with Crippen molar-refractivity contribution < 1.29 is 19.4 Å². The van der Waals surface area contributed by atoms with Gasteiger partial charge in [-0.25, -0.2) is 14.7 Å². The van der Waals surface area contributed by atoms with Crippen LogP contribution < -0.4 is 15.5 Å². The number of nitrogens with one attached hydrogen (secondary N) is 2. The van der Waals surface area contributed by atoms with Crippen molar-refractivity contribution in [3.8, 4) is 0 Å². The Bertz CT molecular complexity index is 1460. The number of benzene rings is 2. The number of hydrogen-bond acceptors (Lipinski definition) is 10. The summed E-state index contributed by atoms with van der Waals surface area (Å²) in [6.07, 6.45) is 4.95. The van der Waals surface area contributed by atoms with Crippen molar-refractivity contribution in [1.82, 2.24) is 24.6 Å². The van der Waals surface area contributed by atoms with Gasteiger partial charge in [-0.3, -0.25) is 9.58 Å². The Morgan fingerprint density at radius 2 is 1.95 bits per heavy atom. The Balaban J connectivity index is 1.34. The van der Waals surface area contributed by atoms with Crippen molar-refractivity contribution in [3.63, 3.8) is 0 Å². The zero-order valence-electron chi connectivity index (χ0n) is 23.2. The molecule has 0 radical (unpaired) electrons. The SMILES string of the molecule is C=CC(O)Nc1cccc(N(C(=O)OCc2ccccc2)c2ccnc(Nc3cnn(CCN4CCOCC4)c3)n2)c1. The highest BCUT2D eigenvalue weighted by atomic mass is 16.6. The number of morpholine rings is 1. The number of nitrogens with zero attached hydrogens (tertiary/aromatic N) is 6. The second kappa shape index (κ2) is 14.2. The maximum Gasteiger partial charge on any atom is 0.420 e. The molecule has 0 bridgehead atoms. The highest BCUT2D eigenvalue weighted by Crippen LogP contribution is 2.28. The minimum atomic E-state index is -0.955. The average molecular weight is 571 g/mol. The molecule has 218 valence electrons. The summed E-state index contributed by atoms with van der Waals surface area (Å²) in [5, 5.41) is 20.5. The Morgan fingerprint density at radius 1 is 1.12 bits per heavy atom. The number of aliphatic hydroxyl groups excluding tert-OH is 1. The van der Waals surface area contributed by atoms with E-state index in [2.05, 4.69) is 37.2 Å². The Hall–Kier alpha value is -4.78. The fourth-order valence-electron chi connectivity index (χ4n) is 4.36. The molecule has 12 heteroatoms. The number of carbonyl (C=O) groups is 1. The minimum Gasteiger partial charge on any atom is -0.444 e. The fourth-order valence-corrected chi connectivity index (χ4v) is 4.36. The smallest absolute Gasteiger partial charge is 0.420 e. The highest BCUT2D eigenvalue weighted by Gasteiger charge is 2.23. The number of aromatic nitrogens is 4. The summed E-state index contributed by atoms with van der Waals surface area (Å²) in [5.41, 5.74) is 2.63. The molecule has 12 nitrogen and oxygen atoms in total. The Labute approximate surface area is 244 Å². The third-order valence-corrected chi connectivity index (χ3v) is 6.54. The molecule has 5 rings (SSSR count). The molecule has 1 saturated heterocycles. The van der Waals surface area contributed by atoms with Gasteiger partial charge in [0.1, 0.15) is 18.7 Å². The first kappa shape index (κ1) is 28.7. The van der Waals surface area contributed by atoms with Crippen molar-refractivity contribution in [2.24, 2.45) is 0 Å². The molecule has 4 aromatic rings. The molecule has 3 heterocycles. The van der Waals surface area contributed by atoms with Crippen LogP contribution in [-0.2, 0) is 22.6 Å². The molecule has 1 unspecified atom stereocenters. The summed E-state index contributed by atoms with van der Waals surface area (Å²) in [6, 6.07) is 18.1. The second-order valence-corrected chi connectivity index (χ2v) is 9.56. The monoisotopic (exact) mass is 570 g/mol. The molecule has 1 atom stereocenters. The summed E-state index contributed by atoms with van der Waals surface area (Å²) >= 11 is 0. The molecular formula is C30H34N8O4. The lowest BCUT2D eigenvalue weighted by Gasteiger charge is -2.26.